The zero-order chi connectivity index (χ0) is 17.5. The van der Waals surface area contributed by atoms with Crippen LogP contribution in [0.1, 0.15) is 46.1 Å². The molecule has 0 aliphatic rings. The Bertz CT molecular complexity index is 518. The molecule has 1 amide bonds. The fourth-order valence-electron chi connectivity index (χ4n) is 2.08. The van der Waals surface area contributed by atoms with E-state index in [0.717, 1.165) is 12.8 Å². The van der Waals surface area contributed by atoms with Crippen LogP contribution in [0.15, 0.2) is 18.2 Å². The van der Waals surface area contributed by atoms with Gasteiger partial charge in [0, 0.05) is 29.7 Å². The van der Waals surface area contributed by atoms with Gasteiger partial charge in [0.2, 0.25) is 0 Å². The first-order chi connectivity index (χ1) is 10.7. The molecule has 130 valence electrons. The van der Waals surface area contributed by atoms with Crippen LogP contribution in [0, 0.1) is 5.82 Å². The molecule has 0 bridgehead atoms. The van der Waals surface area contributed by atoms with Crippen molar-refractivity contribution in [1.82, 2.24) is 10.6 Å². The van der Waals surface area contributed by atoms with E-state index in [1.807, 2.05) is 20.8 Å². The molecule has 0 saturated heterocycles. The largest absolute Gasteiger partial charge is 0.444 e. The van der Waals surface area contributed by atoms with Crippen LogP contribution in [0.4, 0.5) is 9.18 Å². The van der Waals surface area contributed by atoms with E-state index < -0.39 is 11.7 Å². The van der Waals surface area contributed by atoms with Gasteiger partial charge in [0.1, 0.15) is 11.4 Å². The molecule has 1 unspecified atom stereocenters. The number of amides is 1. The second kappa shape index (κ2) is 9.08. The number of carbonyl (C=O) groups excluding carboxylic acids is 1. The molecule has 0 aliphatic carbocycles. The standard InChI is InChI=1S/C17H26ClFN2O2/c1-5-6-14(11-21-16(22)23-17(2,3)4)20-10-12-9-13(18)7-8-15(12)19/h7-9,14,20H,5-6,10-11H2,1-4H3,(H,21,22). The van der Waals surface area contributed by atoms with Gasteiger partial charge in [-0.25, -0.2) is 9.18 Å². The number of rotatable bonds is 7. The number of alkyl carbamates (subject to hydrolysis) is 1. The molecule has 0 aromatic heterocycles. The van der Waals surface area contributed by atoms with E-state index in [-0.39, 0.29) is 11.9 Å². The van der Waals surface area contributed by atoms with E-state index in [4.69, 9.17) is 16.3 Å². The summed E-state index contributed by atoms with van der Waals surface area (Å²) < 4.78 is 18.9. The molecule has 1 atom stereocenters. The number of hydrogen-bond acceptors (Lipinski definition) is 3. The number of hydrogen-bond donors (Lipinski definition) is 2. The van der Waals surface area contributed by atoms with Gasteiger partial charge in [-0.1, -0.05) is 24.9 Å². The lowest BCUT2D eigenvalue weighted by atomic mass is 10.1. The smallest absolute Gasteiger partial charge is 0.407 e. The van der Waals surface area contributed by atoms with Gasteiger partial charge >= 0.3 is 6.09 Å². The molecule has 2 N–H and O–H groups in total. The Balaban J connectivity index is 2.51. The van der Waals surface area contributed by atoms with E-state index >= 15 is 0 Å². The summed E-state index contributed by atoms with van der Waals surface area (Å²) in [7, 11) is 0. The van der Waals surface area contributed by atoms with Crippen molar-refractivity contribution in [2.75, 3.05) is 6.54 Å². The minimum absolute atomic E-state index is 0.0332. The topological polar surface area (TPSA) is 50.4 Å². The highest BCUT2D eigenvalue weighted by molar-refractivity contribution is 6.30. The summed E-state index contributed by atoms with van der Waals surface area (Å²) in [6.45, 7) is 8.28. The quantitative estimate of drug-likeness (QED) is 0.777. The fraction of sp³-hybridized carbons (Fsp3) is 0.588. The lowest BCUT2D eigenvalue weighted by Crippen LogP contribution is -2.42. The molecule has 0 fully saturated rings. The first kappa shape index (κ1) is 19.7. The fourth-order valence-corrected chi connectivity index (χ4v) is 2.27. The molecule has 0 radical (unpaired) electrons. The van der Waals surface area contributed by atoms with Gasteiger partial charge in [0.05, 0.1) is 0 Å². The van der Waals surface area contributed by atoms with Crippen LogP contribution in [0.5, 0.6) is 0 Å². The van der Waals surface area contributed by atoms with E-state index in [0.29, 0.717) is 23.7 Å². The summed E-state index contributed by atoms with van der Waals surface area (Å²) in [4.78, 5) is 11.7. The maximum Gasteiger partial charge on any atom is 0.407 e. The van der Waals surface area contributed by atoms with Crippen LogP contribution in [-0.4, -0.2) is 24.3 Å². The summed E-state index contributed by atoms with van der Waals surface area (Å²) in [5.74, 6) is -0.294. The molecular formula is C17H26ClFN2O2. The number of halogens is 2. The molecule has 23 heavy (non-hydrogen) atoms. The molecule has 4 nitrogen and oxygen atoms in total. The molecule has 1 aromatic rings. The van der Waals surface area contributed by atoms with Crippen molar-refractivity contribution in [2.24, 2.45) is 0 Å². The third kappa shape index (κ3) is 8.18. The molecule has 0 spiro atoms. The van der Waals surface area contributed by atoms with E-state index in [1.54, 1.807) is 6.07 Å². The second-order valence-electron chi connectivity index (χ2n) is 6.49. The number of benzene rings is 1. The highest BCUT2D eigenvalue weighted by Crippen LogP contribution is 2.15. The van der Waals surface area contributed by atoms with Crippen LogP contribution in [0.25, 0.3) is 0 Å². The predicted octanol–water partition coefficient (Wildman–Crippen LogP) is 4.26. The highest BCUT2D eigenvalue weighted by atomic mass is 35.5. The SMILES string of the molecule is CCCC(CNC(=O)OC(C)(C)C)NCc1cc(Cl)ccc1F. The molecule has 1 aromatic carbocycles. The first-order valence-corrected chi connectivity index (χ1v) is 8.23. The minimum Gasteiger partial charge on any atom is -0.444 e. The van der Waals surface area contributed by atoms with Gasteiger partial charge < -0.3 is 15.4 Å². The Morgan fingerprint density at radius 2 is 2.09 bits per heavy atom. The normalized spacial score (nSPS) is 12.8. The average Bonchev–Trinajstić information content (AvgIpc) is 2.43. The van der Waals surface area contributed by atoms with Crippen molar-refractivity contribution in [1.29, 1.82) is 0 Å². The predicted molar refractivity (Wildman–Crippen MR) is 91.2 cm³/mol. The van der Waals surface area contributed by atoms with Crippen LogP contribution in [-0.2, 0) is 11.3 Å². The van der Waals surface area contributed by atoms with E-state index in [2.05, 4.69) is 17.6 Å². The highest BCUT2D eigenvalue weighted by Gasteiger charge is 2.17. The Morgan fingerprint density at radius 3 is 2.70 bits per heavy atom. The maximum absolute atomic E-state index is 13.7. The van der Waals surface area contributed by atoms with Crippen molar-refractivity contribution in [2.45, 2.75) is 58.7 Å². The number of ether oxygens (including phenoxy) is 1. The average molecular weight is 345 g/mol. The Hall–Kier alpha value is -1.33. The van der Waals surface area contributed by atoms with Gasteiger partial charge in [0.15, 0.2) is 0 Å². The molecular weight excluding hydrogens is 319 g/mol. The van der Waals surface area contributed by atoms with Gasteiger partial charge in [-0.05, 0) is 45.4 Å². The van der Waals surface area contributed by atoms with Gasteiger partial charge in [-0.3, -0.25) is 0 Å². The molecule has 0 heterocycles. The lowest BCUT2D eigenvalue weighted by molar-refractivity contribution is 0.0521. The summed E-state index contributed by atoms with van der Waals surface area (Å²) in [6, 6.07) is 4.51. The second-order valence-corrected chi connectivity index (χ2v) is 6.92. The molecule has 0 saturated carbocycles. The Labute approximate surface area is 142 Å². The van der Waals surface area contributed by atoms with Crippen LogP contribution in [0.3, 0.4) is 0 Å². The van der Waals surface area contributed by atoms with Crippen molar-refractivity contribution in [3.63, 3.8) is 0 Å². The maximum atomic E-state index is 13.7. The third-order valence-corrected chi connectivity index (χ3v) is 3.35. The summed E-state index contributed by atoms with van der Waals surface area (Å²) in [6.07, 6.45) is 1.36. The van der Waals surface area contributed by atoms with Gasteiger partial charge in [0.25, 0.3) is 0 Å². The van der Waals surface area contributed by atoms with Crippen LogP contribution < -0.4 is 10.6 Å². The van der Waals surface area contributed by atoms with Gasteiger partial charge in [-0.15, -0.1) is 0 Å². The van der Waals surface area contributed by atoms with Crippen molar-refractivity contribution in [3.05, 3.63) is 34.6 Å². The zero-order valence-electron chi connectivity index (χ0n) is 14.2. The third-order valence-electron chi connectivity index (χ3n) is 3.12. The minimum atomic E-state index is -0.526. The van der Waals surface area contributed by atoms with Crippen LogP contribution in [0.2, 0.25) is 5.02 Å². The zero-order valence-corrected chi connectivity index (χ0v) is 15.0. The van der Waals surface area contributed by atoms with Crippen molar-refractivity contribution < 1.29 is 13.9 Å². The first-order valence-electron chi connectivity index (χ1n) is 7.85. The van der Waals surface area contributed by atoms with E-state index in [1.165, 1.54) is 12.1 Å². The van der Waals surface area contributed by atoms with Crippen LogP contribution >= 0.6 is 11.6 Å². The summed E-state index contributed by atoms with van der Waals surface area (Å²) >= 11 is 5.89. The Kier molecular flexibility index (Phi) is 7.79. The molecule has 1 rings (SSSR count). The Morgan fingerprint density at radius 1 is 1.39 bits per heavy atom. The van der Waals surface area contributed by atoms with Gasteiger partial charge in [-0.2, -0.15) is 0 Å². The number of nitrogens with one attached hydrogen (secondary N) is 2. The molecule has 6 heteroatoms. The number of carbonyl (C=O) groups is 1. The molecule has 0 aliphatic heterocycles. The van der Waals surface area contributed by atoms with E-state index in [9.17, 15) is 9.18 Å². The monoisotopic (exact) mass is 344 g/mol. The van der Waals surface area contributed by atoms with Crippen molar-refractivity contribution >= 4 is 17.7 Å². The summed E-state index contributed by atoms with van der Waals surface area (Å²) in [5.41, 5.74) is -0.0160. The summed E-state index contributed by atoms with van der Waals surface area (Å²) in [5, 5.41) is 6.50. The lowest BCUT2D eigenvalue weighted by Gasteiger charge is -2.22. The van der Waals surface area contributed by atoms with Crippen molar-refractivity contribution in [3.8, 4) is 0 Å².